The average molecular weight is 494 g/mol. The maximum absolute atomic E-state index is 13.2. The van der Waals surface area contributed by atoms with E-state index >= 15 is 0 Å². The molecule has 0 radical (unpaired) electrons. The lowest BCUT2D eigenvalue weighted by Gasteiger charge is -2.26. The van der Waals surface area contributed by atoms with Crippen molar-refractivity contribution in [3.05, 3.63) is 24.3 Å². The van der Waals surface area contributed by atoms with E-state index in [1.807, 2.05) is 19.9 Å². The molecule has 0 atom stereocenters. The molecule has 2 fully saturated rings. The number of thioether (sulfide) groups is 1. The summed E-state index contributed by atoms with van der Waals surface area (Å²) < 4.78 is 35.2. The summed E-state index contributed by atoms with van der Waals surface area (Å²) in [6, 6.07) is 7.24. The molecular weight excluding hydrogens is 462 g/mol. The van der Waals surface area contributed by atoms with Crippen LogP contribution in [-0.4, -0.2) is 71.5 Å². The first-order valence-electron chi connectivity index (χ1n) is 11.4. The third kappa shape index (κ3) is 5.59. The van der Waals surface area contributed by atoms with E-state index < -0.39 is 10.0 Å². The number of hydrogen-bond acceptors (Lipinski definition) is 7. The molecular formula is C22H31N5O4S2. The van der Waals surface area contributed by atoms with Crippen molar-refractivity contribution in [3.8, 4) is 11.4 Å². The van der Waals surface area contributed by atoms with E-state index in [9.17, 15) is 13.2 Å². The molecule has 1 saturated heterocycles. The van der Waals surface area contributed by atoms with E-state index in [0.717, 1.165) is 25.7 Å². The SMILES string of the molecule is CC(C)NC(=O)CSc1nnc(-c2cccc(S(=O)(=O)N3CCOCC3)c2)n1C1CCCC1. The second-order valence-corrected chi connectivity index (χ2v) is 11.6. The first-order valence-corrected chi connectivity index (χ1v) is 13.8. The van der Waals surface area contributed by atoms with Crippen molar-refractivity contribution in [1.29, 1.82) is 0 Å². The molecule has 33 heavy (non-hydrogen) atoms. The molecule has 2 heterocycles. The Morgan fingerprint density at radius 1 is 1.21 bits per heavy atom. The molecule has 180 valence electrons. The summed E-state index contributed by atoms with van der Waals surface area (Å²) in [6.07, 6.45) is 4.29. The van der Waals surface area contributed by atoms with Gasteiger partial charge in [0.1, 0.15) is 0 Å². The Bertz CT molecular complexity index is 1070. The predicted molar refractivity (Wildman–Crippen MR) is 127 cm³/mol. The molecule has 2 aromatic rings. The summed E-state index contributed by atoms with van der Waals surface area (Å²) in [6.45, 7) is 5.37. The van der Waals surface area contributed by atoms with Crippen LogP contribution in [0.4, 0.5) is 0 Å². The fourth-order valence-electron chi connectivity index (χ4n) is 4.29. The molecule has 1 aliphatic heterocycles. The van der Waals surface area contributed by atoms with Gasteiger partial charge in [-0.3, -0.25) is 9.36 Å². The summed E-state index contributed by atoms with van der Waals surface area (Å²) in [7, 11) is -3.61. The van der Waals surface area contributed by atoms with Gasteiger partial charge in [-0.1, -0.05) is 36.7 Å². The Morgan fingerprint density at radius 3 is 2.64 bits per heavy atom. The monoisotopic (exact) mass is 493 g/mol. The van der Waals surface area contributed by atoms with Gasteiger partial charge in [0.05, 0.1) is 23.9 Å². The summed E-state index contributed by atoms with van der Waals surface area (Å²) in [5.41, 5.74) is 0.710. The number of hydrogen-bond donors (Lipinski definition) is 1. The third-order valence-electron chi connectivity index (χ3n) is 5.84. The number of rotatable bonds is 8. The number of aromatic nitrogens is 3. The Hall–Kier alpha value is -1.95. The van der Waals surface area contributed by atoms with Gasteiger partial charge in [0, 0.05) is 30.7 Å². The summed E-state index contributed by atoms with van der Waals surface area (Å²) in [5.74, 6) is 0.859. The number of carbonyl (C=O) groups is 1. The van der Waals surface area contributed by atoms with Gasteiger partial charge in [0.25, 0.3) is 0 Å². The van der Waals surface area contributed by atoms with Crippen molar-refractivity contribution in [2.45, 2.75) is 61.7 Å². The topological polar surface area (TPSA) is 106 Å². The molecule has 1 aromatic carbocycles. The van der Waals surface area contributed by atoms with Crippen LogP contribution in [0.2, 0.25) is 0 Å². The molecule has 0 spiro atoms. The van der Waals surface area contributed by atoms with Gasteiger partial charge in [0.15, 0.2) is 11.0 Å². The van der Waals surface area contributed by atoms with Gasteiger partial charge < -0.3 is 10.1 Å². The molecule has 1 amide bonds. The standard InChI is InChI=1S/C22H31N5O4S2/c1-16(2)23-20(28)15-32-22-25-24-21(27(22)18-7-3-4-8-18)17-6-5-9-19(14-17)33(29,30)26-10-12-31-13-11-26/h5-6,9,14,16,18H,3-4,7-8,10-13,15H2,1-2H3,(H,23,28). The predicted octanol–water partition coefficient (Wildman–Crippen LogP) is 2.70. The van der Waals surface area contributed by atoms with E-state index in [4.69, 9.17) is 4.74 Å². The highest BCUT2D eigenvalue weighted by Crippen LogP contribution is 2.37. The van der Waals surface area contributed by atoms with E-state index in [1.165, 1.54) is 16.1 Å². The zero-order chi connectivity index (χ0) is 23.4. The number of morpholine rings is 1. The van der Waals surface area contributed by atoms with Crippen LogP contribution in [0.3, 0.4) is 0 Å². The number of ether oxygens (including phenoxy) is 1. The molecule has 0 bridgehead atoms. The average Bonchev–Trinajstić information content (AvgIpc) is 3.47. The zero-order valence-electron chi connectivity index (χ0n) is 19.1. The van der Waals surface area contributed by atoms with Crippen molar-refractivity contribution in [1.82, 2.24) is 24.4 Å². The molecule has 2 aliphatic rings. The van der Waals surface area contributed by atoms with Crippen molar-refractivity contribution in [2.75, 3.05) is 32.1 Å². The van der Waals surface area contributed by atoms with Crippen molar-refractivity contribution in [3.63, 3.8) is 0 Å². The Labute approximate surface area is 199 Å². The molecule has 4 rings (SSSR count). The van der Waals surface area contributed by atoms with Gasteiger partial charge in [-0.2, -0.15) is 4.31 Å². The first kappa shape index (κ1) is 24.2. The number of nitrogens with one attached hydrogen (secondary N) is 1. The highest BCUT2D eigenvalue weighted by atomic mass is 32.2. The summed E-state index contributed by atoms with van der Waals surface area (Å²) in [5, 5.41) is 12.4. The number of nitrogens with zero attached hydrogens (tertiary/aromatic N) is 4. The van der Waals surface area contributed by atoms with Crippen LogP contribution in [0.1, 0.15) is 45.6 Å². The van der Waals surface area contributed by atoms with Gasteiger partial charge >= 0.3 is 0 Å². The van der Waals surface area contributed by atoms with Crippen LogP contribution in [0.15, 0.2) is 34.3 Å². The summed E-state index contributed by atoms with van der Waals surface area (Å²) >= 11 is 1.37. The largest absolute Gasteiger partial charge is 0.379 e. The van der Waals surface area contributed by atoms with Gasteiger partial charge in [-0.15, -0.1) is 10.2 Å². The van der Waals surface area contributed by atoms with Crippen LogP contribution >= 0.6 is 11.8 Å². The second-order valence-electron chi connectivity index (χ2n) is 8.67. The minimum Gasteiger partial charge on any atom is -0.379 e. The minimum atomic E-state index is -3.61. The molecule has 1 aliphatic carbocycles. The van der Waals surface area contributed by atoms with Crippen LogP contribution in [0, 0.1) is 0 Å². The number of carbonyl (C=O) groups excluding carboxylic acids is 1. The second kappa shape index (κ2) is 10.5. The minimum absolute atomic E-state index is 0.0453. The Kier molecular flexibility index (Phi) is 7.72. The maximum Gasteiger partial charge on any atom is 0.243 e. The van der Waals surface area contributed by atoms with Gasteiger partial charge in [0.2, 0.25) is 15.9 Å². The quantitative estimate of drug-likeness (QED) is 0.564. The highest BCUT2D eigenvalue weighted by molar-refractivity contribution is 7.99. The van der Waals surface area contributed by atoms with E-state index in [2.05, 4.69) is 20.1 Å². The van der Waals surface area contributed by atoms with Crippen LogP contribution in [0.5, 0.6) is 0 Å². The van der Waals surface area contributed by atoms with Gasteiger partial charge in [-0.25, -0.2) is 8.42 Å². The normalized spacial score (nSPS) is 18.2. The van der Waals surface area contributed by atoms with Crippen molar-refractivity contribution < 1.29 is 17.9 Å². The lowest BCUT2D eigenvalue weighted by molar-refractivity contribution is -0.119. The van der Waals surface area contributed by atoms with Crippen LogP contribution in [-0.2, 0) is 19.6 Å². The van der Waals surface area contributed by atoms with Crippen LogP contribution in [0.25, 0.3) is 11.4 Å². The number of sulfonamides is 1. The lowest BCUT2D eigenvalue weighted by Crippen LogP contribution is -2.40. The third-order valence-corrected chi connectivity index (χ3v) is 8.67. The summed E-state index contributed by atoms with van der Waals surface area (Å²) in [4.78, 5) is 12.4. The number of benzene rings is 1. The van der Waals surface area contributed by atoms with Crippen molar-refractivity contribution in [2.24, 2.45) is 0 Å². The maximum atomic E-state index is 13.2. The fourth-order valence-corrected chi connectivity index (χ4v) is 6.56. The lowest BCUT2D eigenvalue weighted by atomic mass is 10.2. The molecule has 1 saturated carbocycles. The smallest absolute Gasteiger partial charge is 0.243 e. The molecule has 9 nitrogen and oxygen atoms in total. The van der Waals surface area contributed by atoms with E-state index in [-0.39, 0.29) is 28.6 Å². The van der Waals surface area contributed by atoms with Gasteiger partial charge in [-0.05, 0) is 38.8 Å². The van der Waals surface area contributed by atoms with E-state index in [0.29, 0.717) is 42.8 Å². The highest BCUT2D eigenvalue weighted by Gasteiger charge is 2.29. The zero-order valence-corrected chi connectivity index (χ0v) is 20.7. The van der Waals surface area contributed by atoms with Crippen molar-refractivity contribution >= 4 is 27.7 Å². The molecule has 11 heteroatoms. The van der Waals surface area contributed by atoms with Crippen LogP contribution < -0.4 is 5.32 Å². The Morgan fingerprint density at radius 2 is 1.94 bits per heavy atom. The number of amides is 1. The fraction of sp³-hybridized carbons (Fsp3) is 0.591. The Balaban J connectivity index is 1.64. The first-order chi connectivity index (χ1) is 15.9. The molecule has 0 unspecified atom stereocenters. The molecule has 1 N–H and O–H groups in total. The van der Waals surface area contributed by atoms with E-state index in [1.54, 1.807) is 18.2 Å². The molecule has 1 aromatic heterocycles.